The summed E-state index contributed by atoms with van der Waals surface area (Å²) in [5.41, 5.74) is 11.2. The van der Waals surface area contributed by atoms with Crippen molar-refractivity contribution >= 4 is 104 Å². The third-order valence-electron chi connectivity index (χ3n) is 17.9. The molecule has 2 aliphatic rings. The van der Waals surface area contributed by atoms with E-state index in [0.29, 0.717) is 141 Å². The molecule has 0 saturated carbocycles. The largest absolute Gasteiger partial charge is 0.494 e. The zero-order chi connectivity index (χ0) is 76.4. The number of piperidine rings is 2. The maximum atomic E-state index is 12.1. The summed E-state index contributed by atoms with van der Waals surface area (Å²) < 4.78 is 34.1. The SMILES string of the molecule is Cc1[nH]n2nc(C(C)C)nc2c1Cl.Cc1[nH]n2nc(CCCOc3ccc(NC(=O)OCOc4ccc(N5CCCCC5)cc4)cc3)nc2c1Cl.Cc1[nH]n2nc(CCNC(=O)COc3ccc(N4CCCCC4)cc3)nc2c1Cl.Cc1ccc(OCCCC(=O)NCC(C)c2nc3c(Cl)c(C)[nH]n3n2)c(C)c1. The second-order valence-electron chi connectivity index (χ2n) is 27.0. The lowest BCUT2D eigenvalue weighted by molar-refractivity contribution is -0.123. The van der Waals surface area contributed by atoms with Gasteiger partial charge in [0.25, 0.3) is 5.91 Å². The summed E-state index contributed by atoms with van der Waals surface area (Å²) >= 11 is 24.5. The fourth-order valence-electron chi connectivity index (χ4n) is 11.9. The molecule has 29 nitrogen and oxygen atoms in total. The van der Waals surface area contributed by atoms with Crippen LogP contribution < -0.4 is 44.7 Å². The van der Waals surface area contributed by atoms with Gasteiger partial charge in [-0.15, -0.1) is 20.4 Å². The number of aromatic amines is 4. The lowest BCUT2D eigenvalue weighted by Gasteiger charge is -2.28. The summed E-state index contributed by atoms with van der Waals surface area (Å²) in [6.07, 6.45) is 9.98. The molecule has 1 unspecified atom stereocenters. The minimum atomic E-state index is -0.595. The highest BCUT2D eigenvalue weighted by Crippen LogP contribution is 2.28. The van der Waals surface area contributed by atoms with Gasteiger partial charge in [0, 0.05) is 87.4 Å². The van der Waals surface area contributed by atoms with Gasteiger partial charge in [0.05, 0.1) is 36.0 Å². The van der Waals surface area contributed by atoms with E-state index in [4.69, 9.17) is 70.1 Å². The van der Waals surface area contributed by atoms with Gasteiger partial charge < -0.3 is 44.1 Å². The number of carbonyl (C=O) groups is 3. The number of aryl methyl sites for hydroxylation is 7. The van der Waals surface area contributed by atoms with E-state index >= 15 is 0 Å². The van der Waals surface area contributed by atoms with Crippen LogP contribution >= 0.6 is 46.4 Å². The standard InChI is InChI=1S/C27H31ClN6O4.C20H25ClN6O2.C20H26ClN5O2.C8H11ClN4/c1-19-25(28)26-30-24(32-34(26)31-19)6-5-17-36-22-11-7-20(8-12-22)29-27(35)38-18-37-23-13-9-21(10-14-23)33-15-3-2-4-16-33;1-14-19(21)20-23-17(25-27(20)24-14)9-10-22-18(28)13-29-16-7-5-15(6-8-16)26-11-3-2-4-12-26;1-12-7-8-16(13(2)10-12)28-9-5-6-17(27)22-11-14(3)19-23-20-18(21)15(4)24-26(20)25-19;1-4(2)7-10-8-6(9)5(3)11-13(8)12-7/h7-14,31H,2-6,15-18H2,1H3,(H,29,35);5-8,24H,2-4,9-13H2,1H3,(H,22,28);7-8,10,14,24H,5-6,9,11H2,1-4H3,(H,22,27);4,11H,1-3H3. The first-order chi connectivity index (χ1) is 52.1. The van der Waals surface area contributed by atoms with Crippen LogP contribution in [0.3, 0.4) is 0 Å². The zero-order valence-corrected chi connectivity index (χ0v) is 65.2. The van der Waals surface area contributed by atoms with Gasteiger partial charge in [0.15, 0.2) is 52.5 Å². The number of rotatable bonds is 26. The van der Waals surface area contributed by atoms with Crippen LogP contribution in [0.1, 0.15) is 148 Å². The molecule has 2 saturated heterocycles. The number of aromatic nitrogens is 16. The minimum Gasteiger partial charge on any atom is -0.494 e. The van der Waals surface area contributed by atoms with Crippen molar-refractivity contribution in [3.05, 3.63) is 168 Å². The van der Waals surface area contributed by atoms with Crippen molar-refractivity contribution in [2.45, 2.75) is 145 Å². The number of H-pyrrole nitrogens is 4. The molecular formula is C75H93Cl4N21O8. The number of halogens is 4. The predicted molar refractivity (Wildman–Crippen MR) is 418 cm³/mol. The molecule has 574 valence electrons. The number of ether oxygens (including phenoxy) is 5. The average molecular weight is 1560 g/mol. The molecule has 7 N–H and O–H groups in total. The van der Waals surface area contributed by atoms with E-state index in [2.05, 4.69) is 125 Å². The number of nitrogens with one attached hydrogen (secondary N) is 7. The molecule has 0 bridgehead atoms. The molecule has 14 rings (SSSR count). The van der Waals surface area contributed by atoms with Gasteiger partial charge in [-0.1, -0.05) is 84.9 Å². The van der Waals surface area contributed by atoms with Crippen LogP contribution in [-0.2, 0) is 27.2 Å². The number of benzene rings is 4. The van der Waals surface area contributed by atoms with Crippen molar-refractivity contribution in [1.82, 2.24) is 89.9 Å². The van der Waals surface area contributed by atoms with Crippen LogP contribution in [0.15, 0.2) is 91.0 Å². The Morgan fingerprint density at radius 1 is 0.500 bits per heavy atom. The summed E-state index contributed by atoms with van der Waals surface area (Å²) in [4.78, 5) is 58.6. The van der Waals surface area contributed by atoms with Gasteiger partial charge in [0.1, 0.15) is 43.1 Å². The van der Waals surface area contributed by atoms with Crippen molar-refractivity contribution in [2.24, 2.45) is 0 Å². The molecule has 3 amide bonds. The number of nitrogens with zero attached hydrogens (tertiary/aromatic N) is 14. The fourth-order valence-corrected chi connectivity index (χ4v) is 12.6. The summed E-state index contributed by atoms with van der Waals surface area (Å²) in [6.45, 7) is 23.8. The van der Waals surface area contributed by atoms with E-state index in [-0.39, 0.29) is 31.1 Å². The molecule has 10 heterocycles. The first kappa shape index (κ1) is 78.8. The smallest absolute Gasteiger partial charge is 0.414 e. The van der Waals surface area contributed by atoms with E-state index in [1.165, 1.54) is 55.5 Å². The highest BCUT2D eigenvalue weighted by molar-refractivity contribution is 6.35. The molecule has 0 radical (unpaired) electrons. The minimum absolute atomic E-state index is 0.00488. The first-order valence-electron chi connectivity index (χ1n) is 36.4. The first-order valence-corrected chi connectivity index (χ1v) is 37.9. The van der Waals surface area contributed by atoms with Gasteiger partial charge in [-0.3, -0.25) is 35.3 Å². The summed E-state index contributed by atoms with van der Waals surface area (Å²) in [7, 11) is 0. The maximum absolute atomic E-state index is 12.1. The Bertz CT molecular complexity index is 4930. The lowest BCUT2D eigenvalue weighted by Crippen LogP contribution is -2.31. The van der Waals surface area contributed by atoms with E-state index in [1.54, 1.807) is 42.8 Å². The highest BCUT2D eigenvalue weighted by atomic mass is 35.5. The van der Waals surface area contributed by atoms with Crippen molar-refractivity contribution in [2.75, 3.05) is 81.0 Å². The van der Waals surface area contributed by atoms with Crippen molar-refractivity contribution in [3.8, 4) is 23.0 Å². The van der Waals surface area contributed by atoms with Gasteiger partial charge >= 0.3 is 6.09 Å². The Morgan fingerprint density at radius 3 is 1.49 bits per heavy atom. The number of carbonyl (C=O) groups excluding carboxylic acids is 3. The van der Waals surface area contributed by atoms with Crippen molar-refractivity contribution < 1.29 is 38.1 Å². The maximum Gasteiger partial charge on any atom is 0.414 e. The molecule has 2 fully saturated rings. The highest BCUT2D eigenvalue weighted by Gasteiger charge is 2.21. The molecule has 8 aromatic heterocycles. The Hall–Kier alpha value is -10.2. The normalized spacial score (nSPS) is 13.2. The van der Waals surface area contributed by atoms with E-state index < -0.39 is 6.09 Å². The van der Waals surface area contributed by atoms with E-state index in [1.807, 2.05) is 90.1 Å². The van der Waals surface area contributed by atoms with Crippen LogP contribution in [0.2, 0.25) is 20.1 Å². The Kier molecular flexibility index (Phi) is 27.4. The van der Waals surface area contributed by atoms with Crippen LogP contribution in [0.5, 0.6) is 23.0 Å². The van der Waals surface area contributed by atoms with Gasteiger partial charge in [0.2, 0.25) is 12.7 Å². The summed E-state index contributed by atoms with van der Waals surface area (Å²) in [6, 6.07) is 29.0. The van der Waals surface area contributed by atoms with Gasteiger partial charge in [-0.2, -0.15) is 18.5 Å². The third kappa shape index (κ3) is 21.3. The van der Waals surface area contributed by atoms with Gasteiger partial charge in [-0.05, 0) is 177 Å². The average Bonchev–Trinajstić information content (AvgIpc) is 1.67. The second-order valence-corrected chi connectivity index (χ2v) is 28.5. The topological polar surface area (TPSA) is 324 Å². The monoisotopic (exact) mass is 1560 g/mol. The number of amides is 3. The Morgan fingerprint density at radius 2 is 0.972 bits per heavy atom. The van der Waals surface area contributed by atoms with E-state index in [0.717, 1.165) is 72.5 Å². The molecule has 0 aliphatic carbocycles. The van der Waals surface area contributed by atoms with Crippen LogP contribution in [0.4, 0.5) is 21.9 Å². The molecule has 12 aromatic rings. The summed E-state index contributed by atoms with van der Waals surface area (Å²) in [5, 5.41) is 40.2. The molecule has 0 spiro atoms. The second kappa shape index (κ2) is 37.5. The van der Waals surface area contributed by atoms with Gasteiger partial charge in [-0.25, -0.2) is 24.7 Å². The van der Waals surface area contributed by atoms with Crippen LogP contribution in [-0.4, -0.2) is 163 Å². The zero-order valence-electron chi connectivity index (χ0n) is 62.2. The number of hydrogen-bond donors (Lipinski definition) is 7. The molecule has 2 aliphatic heterocycles. The third-order valence-corrected chi connectivity index (χ3v) is 19.7. The number of fused-ring (bicyclic) bond motifs is 4. The Labute approximate surface area is 645 Å². The Balaban J connectivity index is 0.000000150. The quantitative estimate of drug-likeness (QED) is 0.0196. The molecule has 4 aromatic carbocycles. The molecule has 33 heteroatoms. The van der Waals surface area contributed by atoms with Crippen LogP contribution in [0, 0.1) is 41.5 Å². The number of anilines is 3. The number of hydrogen-bond acceptors (Lipinski definition) is 18. The predicted octanol–water partition coefficient (Wildman–Crippen LogP) is 14.2. The fraction of sp³-hybridized carbons (Fsp3) is 0.427. The summed E-state index contributed by atoms with van der Waals surface area (Å²) in [5.74, 6) is 5.82. The van der Waals surface area contributed by atoms with Crippen molar-refractivity contribution in [1.29, 1.82) is 0 Å². The molecule has 108 heavy (non-hydrogen) atoms. The molecule has 1 atom stereocenters. The van der Waals surface area contributed by atoms with Crippen LogP contribution in [0.25, 0.3) is 22.6 Å². The van der Waals surface area contributed by atoms with Crippen molar-refractivity contribution in [3.63, 3.8) is 0 Å². The lowest BCUT2D eigenvalue weighted by atomic mass is 10.1. The molecular weight excluding hydrogens is 1460 g/mol. The van der Waals surface area contributed by atoms with E-state index in [9.17, 15) is 14.4 Å².